The summed E-state index contributed by atoms with van der Waals surface area (Å²) in [5.74, 6) is 0.00784. The first kappa shape index (κ1) is 17.6. The van der Waals surface area contributed by atoms with E-state index in [1.54, 1.807) is 6.07 Å². The maximum absolute atomic E-state index is 13.9. The SMILES string of the molecule is CN(Cc1ccccc1)C(=O)C1CCCN(Cc2ccccc2F)C1. The molecule has 4 heteroatoms. The standard InChI is InChI=1S/C21H25FN2O/c1-23(14-17-8-3-2-4-9-17)21(25)19-11-7-13-24(16-19)15-18-10-5-6-12-20(18)22/h2-6,8-10,12,19H,7,11,13-16H2,1H3. The Kier molecular flexibility index (Phi) is 5.82. The van der Waals surface area contributed by atoms with Crippen LogP contribution in [0.4, 0.5) is 4.39 Å². The lowest BCUT2D eigenvalue weighted by atomic mass is 9.96. The van der Waals surface area contributed by atoms with E-state index >= 15 is 0 Å². The van der Waals surface area contributed by atoms with Gasteiger partial charge in [0.05, 0.1) is 5.92 Å². The molecule has 2 aromatic carbocycles. The summed E-state index contributed by atoms with van der Waals surface area (Å²) in [6.07, 6.45) is 1.88. The quantitative estimate of drug-likeness (QED) is 0.829. The van der Waals surface area contributed by atoms with Crippen LogP contribution >= 0.6 is 0 Å². The van der Waals surface area contributed by atoms with E-state index in [0.717, 1.165) is 24.9 Å². The Morgan fingerprint density at radius 3 is 2.64 bits per heavy atom. The van der Waals surface area contributed by atoms with Crippen LogP contribution in [0.25, 0.3) is 0 Å². The third-order valence-corrected chi connectivity index (χ3v) is 4.85. The fourth-order valence-electron chi connectivity index (χ4n) is 3.52. The Morgan fingerprint density at radius 2 is 1.88 bits per heavy atom. The Hall–Kier alpha value is -2.20. The predicted molar refractivity (Wildman–Crippen MR) is 97.3 cm³/mol. The zero-order valence-electron chi connectivity index (χ0n) is 14.7. The number of amides is 1. The maximum Gasteiger partial charge on any atom is 0.227 e. The van der Waals surface area contributed by atoms with Crippen molar-refractivity contribution in [3.05, 3.63) is 71.5 Å². The topological polar surface area (TPSA) is 23.6 Å². The highest BCUT2D eigenvalue weighted by Crippen LogP contribution is 2.21. The first-order valence-corrected chi connectivity index (χ1v) is 8.88. The molecule has 1 saturated heterocycles. The number of carbonyl (C=O) groups excluding carboxylic acids is 1. The van der Waals surface area contributed by atoms with E-state index < -0.39 is 0 Å². The molecule has 1 amide bonds. The number of hydrogen-bond donors (Lipinski definition) is 0. The van der Waals surface area contributed by atoms with E-state index in [1.165, 1.54) is 6.07 Å². The van der Waals surface area contributed by atoms with Gasteiger partial charge in [-0.25, -0.2) is 4.39 Å². The molecule has 1 aliphatic heterocycles. The van der Waals surface area contributed by atoms with E-state index in [0.29, 0.717) is 25.2 Å². The number of benzene rings is 2. The van der Waals surface area contributed by atoms with Gasteiger partial charge in [-0.2, -0.15) is 0 Å². The molecular formula is C21H25FN2O. The van der Waals surface area contributed by atoms with Crippen LogP contribution < -0.4 is 0 Å². The molecule has 3 nitrogen and oxygen atoms in total. The van der Waals surface area contributed by atoms with Crippen LogP contribution in [-0.2, 0) is 17.9 Å². The summed E-state index contributed by atoms with van der Waals surface area (Å²) in [5.41, 5.74) is 1.84. The second-order valence-corrected chi connectivity index (χ2v) is 6.85. The summed E-state index contributed by atoms with van der Waals surface area (Å²) in [6.45, 7) is 2.81. The Balaban J connectivity index is 1.58. The van der Waals surface area contributed by atoms with Gasteiger partial charge < -0.3 is 4.90 Å². The van der Waals surface area contributed by atoms with Gasteiger partial charge in [0.2, 0.25) is 5.91 Å². The number of piperidine rings is 1. The highest BCUT2D eigenvalue weighted by Gasteiger charge is 2.28. The third-order valence-electron chi connectivity index (χ3n) is 4.85. The van der Waals surface area contributed by atoms with Crippen LogP contribution in [0.2, 0.25) is 0 Å². The first-order valence-electron chi connectivity index (χ1n) is 8.88. The lowest BCUT2D eigenvalue weighted by molar-refractivity contribution is -0.136. The molecule has 0 aliphatic carbocycles. The Bertz CT molecular complexity index is 704. The van der Waals surface area contributed by atoms with Crippen molar-refractivity contribution in [2.45, 2.75) is 25.9 Å². The van der Waals surface area contributed by atoms with Crippen molar-refractivity contribution < 1.29 is 9.18 Å². The van der Waals surface area contributed by atoms with Crippen LogP contribution in [-0.4, -0.2) is 35.8 Å². The highest BCUT2D eigenvalue weighted by molar-refractivity contribution is 5.78. The third kappa shape index (κ3) is 4.67. The number of carbonyl (C=O) groups is 1. The summed E-state index contributed by atoms with van der Waals surface area (Å²) in [4.78, 5) is 16.8. The summed E-state index contributed by atoms with van der Waals surface area (Å²) >= 11 is 0. The molecule has 25 heavy (non-hydrogen) atoms. The number of rotatable bonds is 5. The van der Waals surface area contributed by atoms with Gasteiger partial charge in [-0.1, -0.05) is 48.5 Å². The van der Waals surface area contributed by atoms with Gasteiger partial charge in [0.25, 0.3) is 0 Å². The van der Waals surface area contributed by atoms with E-state index in [1.807, 2.05) is 54.4 Å². The van der Waals surface area contributed by atoms with Gasteiger partial charge in [0, 0.05) is 32.2 Å². The maximum atomic E-state index is 13.9. The average Bonchev–Trinajstić information content (AvgIpc) is 2.64. The van der Waals surface area contributed by atoms with Crippen molar-refractivity contribution in [1.29, 1.82) is 0 Å². The first-order chi connectivity index (χ1) is 12.1. The summed E-state index contributed by atoms with van der Waals surface area (Å²) in [6, 6.07) is 16.9. The number of nitrogens with zero attached hydrogens (tertiary/aromatic N) is 2. The van der Waals surface area contributed by atoms with Crippen LogP contribution in [0.15, 0.2) is 54.6 Å². The molecule has 2 aromatic rings. The fourth-order valence-corrected chi connectivity index (χ4v) is 3.52. The minimum Gasteiger partial charge on any atom is -0.341 e. The second kappa shape index (κ2) is 8.26. The van der Waals surface area contributed by atoms with Gasteiger partial charge in [-0.05, 0) is 31.0 Å². The predicted octanol–water partition coefficient (Wildman–Crippen LogP) is 3.70. The summed E-state index contributed by atoms with van der Waals surface area (Å²) in [7, 11) is 1.87. The zero-order valence-corrected chi connectivity index (χ0v) is 14.7. The molecule has 0 spiro atoms. The van der Waals surface area contributed by atoms with Crippen LogP contribution in [0.1, 0.15) is 24.0 Å². The highest BCUT2D eigenvalue weighted by atomic mass is 19.1. The van der Waals surface area contributed by atoms with Crippen molar-refractivity contribution in [3.8, 4) is 0 Å². The van der Waals surface area contributed by atoms with Crippen LogP contribution in [0, 0.1) is 11.7 Å². The van der Waals surface area contributed by atoms with Crippen LogP contribution in [0.3, 0.4) is 0 Å². The number of likely N-dealkylation sites (tertiary alicyclic amines) is 1. The van der Waals surface area contributed by atoms with Crippen LogP contribution in [0.5, 0.6) is 0 Å². The lowest BCUT2D eigenvalue weighted by Gasteiger charge is -2.34. The average molecular weight is 340 g/mol. The fraction of sp³-hybridized carbons (Fsp3) is 0.381. The molecule has 1 unspecified atom stereocenters. The van der Waals surface area contributed by atoms with Gasteiger partial charge in [0.15, 0.2) is 0 Å². The van der Waals surface area contributed by atoms with Gasteiger partial charge >= 0.3 is 0 Å². The van der Waals surface area contributed by atoms with Crippen molar-refractivity contribution in [2.24, 2.45) is 5.92 Å². The van der Waals surface area contributed by atoms with E-state index in [9.17, 15) is 9.18 Å². The van der Waals surface area contributed by atoms with Crippen molar-refractivity contribution in [3.63, 3.8) is 0 Å². The minimum atomic E-state index is -0.169. The second-order valence-electron chi connectivity index (χ2n) is 6.85. The van der Waals surface area contributed by atoms with E-state index in [4.69, 9.17) is 0 Å². The molecular weight excluding hydrogens is 315 g/mol. The molecule has 0 aromatic heterocycles. The molecule has 0 N–H and O–H groups in total. The lowest BCUT2D eigenvalue weighted by Crippen LogP contribution is -2.43. The van der Waals surface area contributed by atoms with E-state index in [-0.39, 0.29) is 17.6 Å². The summed E-state index contributed by atoms with van der Waals surface area (Å²) < 4.78 is 13.9. The molecule has 1 heterocycles. The minimum absolute atomic E-state index is 0.00534. The normalized spacial score (nSPS) is 18.1. The molecule has 1 aliphatic rings. The van der Waals surface area contributed by atoms with Crippen molar-refractivity contribution in [2.75, 3.05) is 20.1 Å². The van der Waals surface area contributed by atoms with Gasteiger partial charge in [0.1, 0.15) is 5.82 Å². The molecule has 1 atom stereocenters. The molecule has 1 fully saturated rings. The zero-order chi connectivity index (χ0) is 17.6. The number of hydrogen-bond acceptors (Lipinski definition) is 2. The van der Waals surface area contributed by atoms with Crippen molar-refractivity contribution >= 4 is 5.91 Å². The number of halogens is 1. The summed E-state index contributed by atoms with van der Waals surface area (Å²) in [5, 5.41) is 0. The Labute approximate surface area is 149 Å². The molecule has 132 valence electrons. The molecule has 0 radical (unpaired) electrons. The van der Waals surface area contributed by atoms with Gasteiger partial charge in [-0.15, -0.1) is 0 Å². The largest absolute Gasteiger partial charge is 0.341 e. The smallest absolute Gasteiger partial charge is 0.227 e. The monoisotopic (exact) mass is 340 g/mol. The Morgan fingerprint density at radius 1 is 1.16 bits per heavy atom. The van der Waals surface area contributed by atoms with Gasteiger partial charge in [-0.3, -0.25) is 9.69 Å². The molecule has 3 rings (SSSR count). The molecule has 0 saturated carbocycles. The molecule has 0 bridgehead atoms. The van der Waals surface area contributed by atoms with E-state index in [2.05, 4.69) is 4.90 Å². The van der Waals surface area contributed by atoms with Crippen molar-refractivity contribution in [1.82, 2.24) is 9.80 Å².